The first-order valence-corrected chi connectivity index (χ1v) is 7.26. The van der Waals surface area contributed by atoms with Crippen molar-refractivity contribution in [3.05, 3.63) is 29.8 Å². The zero-order valence-corrected chi connectivity index (χ0v) is 12.0. The minimum absolute atomic E-state index is 0.0962. The predicted molar refractivity (Wildman–Crippen MR) is 75.4 cm³/mol. The number of benzene rings is 1. The molecule has 1 aliphatic carbocycles. The van der Waals surface area contributed by atoms with Gasteiger partial charge in [-0.15, -0.1) is 13.2 Å². The monoisotopic (exact) mass is 316 g/mol. The van der Waals surface area contributed by atoms with E-state index in [1.54, 1.807) is 0 Å². The van der Waals surface area contributed by atoms with Crippen LogP contribution in [0.3, 0.4) is 0 Å². The van der Waals surface area contributed by atoms with Gasteiger partial charge in [-0.25, -0.2) is 0 Å². The zero-order valence-electron chi connectivity index (χ0n) is 12.0. The Kier molecular flexibility index (Phi) is 5.28. The molecule has 0 aliphatic heterocycles. The Hall–Kier alpha value is -1.76. The molecule has 1 aromatic carbocycles. The second-order valence-electron chi connectivity index (χ2n) is 5.43. The molecule has 122 valence electrons. The van der Waals surface area contributed by atoms with Crippen molar-refractivity contribution >= 4 is 5.91 Å². The van der Waals surface area contributed by atoms with Crippen LogP contribution >= 0.6 is 0 Å². The van der Waals surface area contributed by atoms with Crippen LogP contribution in [0.5, 0.6) is 5.75 Å². The van der Waals surface area contributed by atoms with Crippen LogP contribution in [0.15, 0.2) is 24.3 Å². The highest BCUT2D eigenvalue weighted by Gasteiger charge is 2.31. The lowest BCUT2D eigenvalue weighted by Crippen LogP contribution is -2.44. The molecule has 0 heterocycles. The van der Waals surface area contributed by atoms with E-state index >= 15 is 0 Å². The highest BCUT2D eigenvalue weighted by atomic mass is 19.4. The summed E-state index contributed by atoms with van der Waals surface area (Å²) in [4.78, 5) is 12.1. The molecule has 1 atom stereocenters. The third kappa shape index (κ3) is 4.62. The molecule has 1 saturated carbocycles. The second-order valence-corrected chi connectivity index (χ2v) is 5.43. The van der Waals surface area contributed by atoms with E-state index in [1.165, 1.54) is 12.1 Å². The Morgan fingerprint density at radius 3 is 2.36 bits per heavy atom. The summed E-state index contributed by atoms with van der Waals surface area (Å²) in [5.74, 6) is -0.307. The Labute approximate surface area is 126 Å². The third-order valence-electron chi connectivity index (χ3n) is 3.89. The molecule has 0 saturated heterocycles. The zero-order chi connectivity index (χ0) is 16.2. The number of hydrogen-bond acceptors (Lipinski definition) is 3. The van der Waals surface area contributed by atoms with Gasteiger partial charge < -0.3 is 15.8 Å². The number of carbonyl (C=O) groups is 1. The summed E-state index contributed by atoms with van der Waals surface area (Å²) in [5, 5.41) is 2.87. The molecule has 2 rings (SSSR count). The van der Waals surface area contributed by atoms with Crippen LogP contribution in [-0.4, -0.2) is 24.9 Å². The summed E-state index contributed by atoms with van der Waals surface area (Å²) < 4.78 is 40.0. The lowest BCUT2D eigenvalue weighted by Gasteiger charge is -2.23. The van der Waals surface area contributed by atoms with Gasteiger partial charge in [0.05, 0.1) is 0 Å². The van der Waals surface area contributed by atoms with Crippen molar-refractivity contribution in [1.82, 2.24) is 5.32 Å². The van der Waals surface area contributed by atoms with Crippen LogP contribution in [0.1, 0.15) is 36.0 Å². The molecule has 1 fully saturated rings. The lowest BCUT2D eigenvalue weighted by molar-refractivity contribution is -0.274. The normalized spacial score (nSPS) is 17.3. The summed E-state index contributed by atoms with van der Waals surface area (Å²) in [7, 11) is 0. The molecule has 0 bridgehead atoms. The van der Waals surface area contributed by atoms with E-state index in [0.717, 1.165) is 37.8 Å². The van der Waals surface area contributed by atoms with E-state index < -0.39 is 6.36 Å². The van der Waals surface area contributed by atoms with Gasteiger partial charge in [0.1, 0.15) is 5.75 Å². The van der Waals surface area contributed by atoms with Crippen molar-refractivity contribution in [2.24, 2.45) is 11.7 Å². The van der Waals surface area contributed by atoms with Gasteiger partial charge in [-0.05, 0) is 43.0 Å². The average molecular weight is 316 g/mol. The minimum Gasteiger partial charge on any atom is -0.406 e. The predicted octanol–water partition coefficient (Wildman–Crippen LogP) is 2.83. The van der Waals surface area contributed by atoms with Crippen molar-refractivity contribution in [3.63, 3.8) is 0 Å². The van der Waals surface area contributed by atoms with E-state index in [-0.39, 0.29) is 23.3 Å². The molecule has 0 spiro atoms. The molecule has 1 aliphatic rings. The Morgan fingerprint density at radius 2 is 1.86 bits per heavy atom. The smallest absolute Gasteiger partial charge is 0.406 e. The Morgan fingerprint density at radius 1 is 1.27 bits per heavy atom. The largest absolute Gasteiger partial charge is 0.573 e. The summed E-state index contributed by atoms with van der Waals surface area (Å²) in [5.41, 5.74) is 6.00. The standard InChI is InChI=1S/C15H19F3N2O2/c16-15(17,18)22-12-7-5-11(6-8-12)14(21)20-13(9-19)10-3-1-2-4-10/h5-8,10,13H,1-4,9,19H2,(H,20,21). The number of carbonyl (C=O) groups excluding carboxylic acids is 1. The van der Waals surface area contributed by atoms with Crippen LogP contribution in [-0.2, 0) is 0 Å². The van der Waals surface area contributed by atoms with Gasteiger partial charge in [0.2, 0.25) is 0 Å². The van der Waals surface area contributed by atoms with Crippen LogP contribution in [0.4, 0.5) is 13.2 Å². The van der Waals surface area contributed by atoms with Gasteiger partial charge in [0, 0.05) is 18.2 Å². The maximum absolute atomic E-state index is 12.1. The van der Waals surface area contributed by atoms with Gasteiger partial charge in [0.25, 0.3) is 5.91 Å². The molecule has 0 radical (unpaired) electrons. The minimum atomic E-state index is -4.74. The molecule has 4 nitrogen and oxygen atoms in total. The number of rotatable bonds is 5. The molecule has 0 aromatic heterocycles. The maximum Gasteiger partial charge on any atom is 0.573 e. The number of hydrogen-bond donors (Lipinski definition) is 2. The number of amides is 1. The molecule has 3 N–H and O–H groups in total. The van der Waals surface area contributed by atoms with Crippen molar-refractivity contribution in [2.45, 2.75) is 38.1 Å². The highest BCUT2D eigenvalue weighted by molar-refractivity contribution is 5.94. The van der Waals surface area contributed by atoms with Gasteiger partial charge in [0.15, 0.2) is 0 Å². The van der Waals surface area contributed by atoms with Crippen molar-refractivity contribution in [1.29, 1.82) is 0 Å². The first-order valence-electron chi connectivity index (χ1n) is 7.26. The number of nitrogens with two attached hydrogens (primary N) is 1. The number of nitrogens with one attached hydrogen (secondary N) is 1. The molecule has 22 heavy (non-hydrogen) atoms. The van der Waals surface area contributed by atoms with Gasteiger partial charge in [-0.3, -0.25) is 4.79 Å². The Balaban J connectivity index is 1.96. The van der Waals surface area contributed by atoms with Crippen LogP contribution in [0, 0.1) is 5.92 Å². The number of halogens is 3. The Bertz CT molecular complexity index is 497. The average Bonchev–Trinajstić information content (AvgIpc) is 2.97. The van der Waals surface area contributed by atoms with Crippen LogP contribution < -0.4 is 15.8 Å². The van der Waals surface area contributed by atoms with Crippen LogP contribution in [0.25, 0.3) is 0 Å². The lowest BCUT2D eigenvalue weighted by atomic mass is 9.98. The van der Waals surface area contributed by atoms with E-state index in [2.05, 4.69) is 10.1 Å². The quantitative estimate of drug-likeness (QED) is 0.878. The topological polar surface area (TPSA) is 64.3 Å². The molecular formula is C15H19F3N2O2. The van der Waals surface area contributed by atoms with E-state index in [0.29, 0.717) is 12.5 Å². The second kappa shape index (κ2) is 7.00. The van der Waals surface area contributed by atoms with Crippen molar-refractivity contribution in [3.8, 4) is 5.75 Å². The van der Waals surface area contributed by atoms with Crippen molar-refractivity contribution in [2.75, 3.05) is 6.54 Å². The van der Waals surface area contributed by atoms with Gasteiger partial charge in [-0.1, -0.05) is 12.8 Å². The first kappa shape index (κ1) is 16.6. The van der Waals surface area contributed by atoms with E-state index in [9.17, 15) is 18.0 Å². The van der Waals surface area contributed by atoms with Gasteiger partial charge in [-0.2, -0.15) is 0 Å². The summed E-state index contributed by atoms with van der Waals surface area (Å²) in [6.45, 7) is 0.353. The summed E-state index contributed by atoms with van der Waals surface area (Å²) in [6.07, 6.45) is -0.376. The number of ether oxygens (including phenoxy) is 1. The SMILES string of the molecule is NCC(NC(=O)c1ccc(OC(F)(F)F)cc1)C1CCCC1. The number of alkyl halides is 3. The fourth-order valence-electron chi connectivity index (χ4n) is 2.79. The molecule has 1 aromatic rings. The van der Waals surface area contributed by atoms with Crippen LogP contribution in [0.2, 0.25) is 0 Å². The summed E-state index contributed by atoms with van der Waals surface area (Å²) in [6, 6.07) is 4.75. The third-order valence-corrected chi connectivity index (χ3v) is 3.89. The fraction of sp³-hybridized carbons (Fsp3) is 0.533. The molecule has 1 amide bonds. The fourth-order valence-corrected chi connectivity index (χ4v) is 2.79. The molecular weight excluding hydrogens is 297 g/mol. The van der Waals surface area contributed by atoms with Crippen molar-refractivity contribution < 1.29 is 22.7 Å². The van der Waals surface area contributed by atoms with Gasteiger partial charge >= 0.3 is 6.36 Å². The highest BCUT2D eigenvalue weighted by Crippen LogP contribution is 2.27. The maximum atomic E-state index is 12.1. The first-order chi connectivity index (χ1) is 10.4. The van der Waals surface area contributed by atoms with E-state index in [1.807, 2.05) is 0 Å². The van der Waals surface area contributed by atoms with E-state index in [4.69, 9.17) is 5.73 Å². The summed E-state index contributed by atoms with van der Waals surface area (Å²) >= 11 is 0. The molecule has 7 heteroatoms. The molecule has 1 unspecified atom stereocenters.